The molecule has 8 heteroatoms. The highest BCUT2D eigenvalue weighted by Gasteiger charge is 2.23. The van der Waals surface area contributed by atoms with Gasteiger partial charge in [-0.25, -0.2) is 8.78 Å². The van der Waals surface area contributed by atoms with Crippen molar-refractivity contribution < 1.29 is 13.6 Å². The minimum atomic E-state index is -0.703. The molecule has 2 rings (SSSR count). The third-order valence-corrected chi connectivity index (χ3v) is 3.16. The van der Waals surface area contributed by atoms with Crippen LogP contribution in [-0.4, -0.2) is 18.4 Å². The molecule has 0 amide bonds. The van der Waals surface area contributed by atoms with E-state index in [9.17, 15) is 8.78 Å². The molecule has 1 atom stereocenters. The summed E-state index contributed by atoms with van der Waals surface area (Å²) in [5.74, 6) is -1.41. The Balaban J connectivity index is 2.17. The molecular formula is C10H7BrF2N4O. The first-order valence-corrected chi connectivity index (χ1v) is 5.79. The summed E-state index contributed by atoms with van der Waals surface area (Å²) in [6, 6.07) is 2.34. The third kappa shape index (κ3) is 2.60. The van der Waals surface area contributed by atoms with Gasteiger partial charge < -0.3 is 4.84 Å². The van der Waals surface area contributed by atoms with E-state index in [1.165, 1.54) is 12.1 Å². The van der Waals surface area contributed by atoms with E-state index in [0.717, 1.165) is 0 Å². The maximum Gasteiger partial charge on any atom is 0.141 e. The van der Waals surface area contributed by atoms with Crippen LogP contribution in [0.5, 0.6) is 0 Å². The van der Waals surface area contributed by atoms with E-state index in [1.807, 2.05) is 0 Å². The molecule has 94 valence electrons. The quantitative estimate of drug-likeness (QED) is 0.364. The molecule has 1 aliphatic heterocycles. The zero-order valence-electron chi connectivity index (χ0n) is 8.98. The molecule has 1 unspecified atom stereocenters. The Bertz CT molecular complexity index is 534. The summed E-state index contributed by atoms with van der Waals surface area (Å²) >= 11 is 2.79. The fourth-order valence-corrected chi connectivity index (χ4v) is 1.78. The van der Waals surface area contributed by atoms with Crippen molar-refractivity contribution in [1.29, 1.82) is 0 Å². The van der Waals surface area contributed by atoms with Crippen LogP contribution in [0.4, 0.5) is 8.78 Å². The van der Waals surface area contributed by atoms with Gasteiger partial charge in [0.15, 0.2) is 0 Å². The second-order valence-electron chi connectivity index (χ2n) is 3.64. The van der Waals surface area contributed by atoms with Crippen molar-refractivity contribution in [3.8, 4) is 0 Å². The van der Waals surface area contributed by atoms with E-state index in [2.05, 4.69) is 31.1 Å². The molecule has 0 aromatic heterocycles. The molecule has 18 heavy (non-hydrogen) atoms. The topological polar surface area (TPSA) is 70.4 Å². The molecule has 0 saturated carbocycles. The van der Waals surface area contributed by atoms with Crippen LogP contribution >= 0.6 is 15.9 Å². The Morgan fingerprint density at radius 1 is 1.50 bits per heavy atom. The molecule has 0 saturated heterocycles. The Morgan fingerprint density at radius 3 is 2.78 bits per heavy atom. The van der Waals surface area contributed by atoms with Crippen molar-refractivity contribution in [2.75, 3.05) is 6.54 Å². The Morgan fingerprint density at radius 2 is 2.17 bits per heavy atom. The summed E-state index contributed by atoms with van der Waals surface area (Å²) < 4.78 is 26.5. The maximum atomic E-state index is 13.3. The molecule has 0 fully saturated rings. The lowest BCUT2D eigenvalue weighted by molar-refractivity contribution is 0.0919. The second kappa shape index (κ2) is 5.32. The van der Waals surface area contributed by atoms with Crippen LogP contribution in [0.2, 0.25) is 0 Å². The number of hydrogen-bond donors (Lipinski definition) is 0. The lowest BCUT2D eigenvalue weighted by Crippen LogP contribution is -2.12. The molecule has 1 aromatic carbocycles. The number of nitrogens with zero attached hydrogens (tertiary/aromatic N) is 4. The van der Waals surface area contributed by atoms with Crippen molar-refractivity contribution in [3.05, 3.63) is 44.2 Å². The molecule has 0 spiro atoms. The fourth-order valence-electron chi connectivity index (χ4n) is 1.55. The molecule has 1 aliphatic rings. The number of hydrogen-bond acceptors (Lipinski definition) is 3. The van der Waals surface area contributed by atoms with Gasteiger partial charge >= 0.3 is 0 Å². The van der Waals surface area contributed by atoms with E-state index in [4.69, 9.17) is 10.4 Å². The van der Waals surface area contributed by atoms with Gasteiger partial charge in [-0.05, 0) is 33.6 Å². The molecule has 5 nitrogen and oxygen atoms in total. The first kappa shape index (κ1) is 12.8. The van der Waals surface area contributed by atoms with Gasteiger partial charge in [-0.3, -0.25) is 0 Å². The Kier molecular flexibility index (Phi) is 3.78. The van der Waals surface area contributed by atoms with Gasteiger partial charge in [-0.2, -0.15) is 0 Å². The van der Waals surface area contributed by atoms with E-state index in [1.54, 1.807) is 0 Å². The van der Waals surface area contributed by atoms with Crippen molar-refractivity contribution in [3.63, 3.8) is 0 Å². The average Bonchev–Trinajstić information content (AvgIpc) is 2.81. The molecule has 0 bridgehead atoms. The van der Waals surface area contributed by atoms with Crippen molar-refractivity contribution >= 4 is 21.6 Å². The monoisotopic (exact) mass is 316 g/mol. The summed E-state index contributed by atoms with van der Waals surface area (Å²) in [6.07, 6.45) is -0.0369. The highest BCUT2D eigenvalue weighted by Crippen LogP contribution is 2.24. The summed E-state index contributed by atoms with van der Waals surface area (Å²) in [6.45, 7) is 0.130. The van der Waals surface area contributed by atoms with Crippen LogP contribution in [0.1, 0.15) is 12.0 Å². The van der Waals surface area contributed by atoms with Crippen molar-refractivity contribution in [2.45, 2.75) is 12.5 Å². The van der Waals surface area contributed by atoms with Crippen LogP contribution in [0.15, 0.2) is 26.9 Å². The van der Waals surface area contributed by atoms with Crippen LogP contribution in [0.25, 0.3) is 10.4 Å². The summed E-state index contributed by atoms with van der Waals surface area (Å²) in [4.78, 5) is 7.60. The van der Waals surface area contributed by atoms with Gasteiger partial charge in [0.25, 0.3) is 0 Å². The minimum Gasteiger partial charge on any atom is -0.392 e. The minimum absolute atomic E-state index is 0.130. The predicted molar refractivity (Wildman–Crippen MR) is 64.1 cm³/mol. The number of rotatable bonds is 3. The molecular weight excluding hydrogens is 310 g/mol. The van der Waals surface area contributed by atoms with Gasteiger partial charge in [0.05, 0.1) is 16.7 Å². The van der Waals surface area contributed by atoms with E-state index in [-0.39, 0.29) is 17.1 Å². The van der Waals surface area contributed by atoms with Gasteiger partial charge in [0.2, 0.25) is 0 Å². The lowest BCUT2D eigenvalue weighted by Gasteiger charge is -2.03. The summed E-state index contributed by atoms with van der Waals surface area (Å²) in [5.41, 5.74) is 8.92. The third-order valence-electron chi connectivity index (χ3n) is 2.40. The van der Waals surface area contributed by atoms with Crippen LogP contribution in [-0.2, 0) is 4.84 Å². The van der Waals surface area contributed by atoms with Crippen molar-refractivity contribution in [1.82, 2.24) is 0 Å². The number of halogens is 3. The van der Waals surface area contributed by atoms with Crippen molar-refractivity contribution in [2.24, 2.45) is 10.3 Å². The highest BCUT2D eigenvalue weighted by molar-refractivity contribution is 9.10. The second-order valence-corrected chi connectivity index (χ2v) is 4.43. The maximum absolute atomic E-state index is 13.3. The molecule has 0 N–H and O–H groups in total. The van der Waals surface area contributed by atoms with E-state index < -0.39 is 11.6 Å². The zero-order valence-corrected chi connectivity index (χ0v) is 10.6. The fraction of sp³-hybridized carbons (Fsp3) is 0.300. The van der Waals surface area contributed by atoms with Crippen LogP contribution in [0, 0.1) is 11.6 Å². The Hall–Kier alpha value is -1.66. The van der Waals surface area contributed by atoms with Gasteiger partial charge in [-0.1, -0.05) is 10.3 Å². The van der Waals surface area contributed by atoms with E-state index >= 15 is 0 Å². The number of azide groups is 1. The molecule has 1 heterocycles. The smallest absolute Gasteiger partial charge is 0.141 e. The summed E-state index contributed by atoms with van der Waals surface area (Å²) in [5, 5.41) is 7.09. The predicted octanol–water partition coefficient (Wildman–Crippen LogP) is 3.53. The molecule has 1 aromatic rings. The van der Waals surface area contributed by atoms with Crippen LogP contribution < -0.4 is 0 Å². The van der Waals surface area contributed by atoms with Gasteiger partial charge in [0.1, 0.15) is 17.7 Å². The lowest BCUT2D eigenvalue weighted by atomic mass is 10.0. The van der Waals surface area contributed by atoms with Gasteiger partial charge in [-0.15, -0.1) is 0 Å². The van der Waals surface area contributed by atoms with E-state index in [0.29, 0.717) is 17.7 Å². The van der Waals surface area contributed by atoms with Gasteiger partial charge in [0, 0.05) is 16.9 Å². The van der Waals surface area contributed by atoms with Crippen LogP contribution in [0.3, 0.4) is 0 Å². The first-order valence-electron chi connectivity index (χ1n) is 5.00. The molecule has 0 aliphatic carbocycles. The normalized spacial score (nSPS) is 17.9. The standard InChI is InChI=1S/C10H7BrF2N4O/c11-10-7(12)1-5(2-8(10)13)9-3-6(18-16-9)4-15-17-14/h1-2,6H,3-4H2. The first-order chi connectivity index (χ1) is 8.61. The molecule has 0 radical (unpaired) electrons. The Labute approximate surface area is 109 Å². The number of oxime groups is 1. The highest BCUT2D eigenvalue weighted by atomic mass is 79.9. The summed E-state index contributed by atoms with van der Waals surface area (Å²) in [7, 11) is 0. The average molecular weight is 317 g/mol. The SMILES string of the molecule is [N-]=[N+]=NCC1CC(c2cc(F)c(Br)c(F)c2)=NO1. The zero-order chi connectivity index (χ0) is 13.1. The largest absolute Gasteiger partial charge is 0.392 e. The number of benzene rings is 1.